The highest BCUT2D eigenvalue weighted by atomic mass is 16.5. The standard InChI is InChI=1S/C19H29NO2.C11H13N3/c1-2-16-10-12-17(13-11-16)15-20-19(21)9-6-14-22-18-7-4-3-5-8-18;1-8-12-10-7-5-4-6-9(10)11(13-8)14(2)3/h3-5,7-8,16-17H,2,6,9-15H2,1H3,(H,20,21);4-7H,1-3H3. The maximum atomic E-state index is 11.9. The molecule has 1 saturated carbocycles. The quantitative estimate of drug-likeness (QED) is 0.363. The van der Waals surface area contributed by atoms with Gasteiger partial charge in [0.15, 0.2) is 0 Å². The Labute approximate surface area is 216 Å². The van der Waals surface area contributed by atoms with Gasteiger partial charge in [-0.3, -0.25) is 4.79 Å². The van der Waals surface area contributed by atoms with E-state index in [4.69, 9.17) is 4.74 Å². The van der Waals surface area contributed by atoms with E-state index in [1.54, 1.807) is 0 Å². The van der Waals surface area contributed by atoms with Gasteiger partial charge in [0.2, 0.25) is 5.91 Å². The van der Waals surface area contributed by atoms with Gasteiger partial charge in [-0.05, 0) is 62.3 Å². The van der Waals surface area contributed by atoms with Crippen LogP contribution in [0.5, 0.6) is 5.75 Å². The van der Waals surface area contributed by atoms with Crippen molar-refractivity contribution in [3.05, 3.63) is 60.4 Å². The van der Waals surface area contributed by atoms with E-state index >= 15 is 0 Å². The van der Waals surface area contributed by atoms with Crippen molar-refractivity contribution >= 4 is 22.6 Å². The van der Waals surface area contributed by atoms with Crippen molar-refractivity contribution in [1.82, 2.24) is 15.3 Å². The second kappa shape index (κ2) is 14.4. The van der Waals surface area contributed by atoms with Crippen LogP contribution in [-0.2, 0) is 4.79 Å². The van der Waals surface area contributed by atoms with Gasteiger partial charge in [-0.25, -0.2) is 9.97 Å². The van der Waals surface area contributed by atoms with Gasteiger partial charge in [0.25, 0.3) is 0 Å². The summed E-state index contributed by atoms with van der Waals surface area (Å²) >= 11 is 0. The number of aromatic nitrogens is 2. The smallest absolute Gasteiger partial charge is 0.220 e. The Bertz CT molecular complexity index is 1060. The number of anilines is 1. The summed E-state index contributed by atoms with van der Waals surface area (Å²) in [6.45, 7) is 5.65. The van der Waals surface area contributed by atoms with Gasteiger partial charge in [-0.1, -0.05) is 56.5 Å². The van der Waals surface area contributed by atoms with Crippen molar-refractivity contribution in [2.75, 3.05) is 32.1 Å². The summed E-state index contributed by atoms with van der Waals surface area (Å²) in [5, 5.41) is 4.19. The summed E-state index contributed by atoms with van der Waals surface area (Å²) < 4.78 is 5.60. The van der Waals surface area contributed by atoms with E-state index in [1.165, 1.54) is 32.1 Å². The Kier molecular flexibility index (Phi) is 11.0. The van der Waals surface area contributed by atoms with E-state index in [2.05, 4.69) is 22.2 Å². The summed E-state index contributed by atoms with van der Waals surface area (Å²) in [6.07, 6.45) is 7.84. The topological polar surface area (TPSA) is 67.3 Å². The van der Waals surface area contributed by atoms with Crippen molar-refractivity contribution in [3.8, 4) is 5.75 Å². The third kappa shape index (κ3) is 8.81. The maximum absolute atomic E-state index is 11.9. The van der Waals surface area contributed by atoms with Crippen molar-refractivity contribution in [1.29, 1.82) is 0 Å². The highest BCUT2D eigenvalue weighted by Gasteiger charge is 2.20. The summed E-state index contributed by atoms with van der Waals surface area (Å²) in [5.41, 5.74) is 1.00. The van der Waals surface area contributed by atoms with E-state index in [-0.39, 0.29) is 5.91 Å². The van der Waals surface area contributed by atoms with Crippen LogP contribution < -0.4 is 15.0 Å². The third-order valence-corrected chi connectivity index (χ3v) is 6.81. The van der Waals surface area contributed by atoms with Crippen LogP contribution in [0, 0.1) is 18.8 Å². The molecular weight excluding hydrogens is 448 g/mol. The predicted octanol–water partition coefficient (Wildman–Crippen LogP) is 6.18. The number of ether oxygens (including phenoxy) is 1. The first kappa shape index (κ1) is 27.4. The zero-order valence-electron chi connectivity index (χ0n) is 22.4. The van der Waals surface area contributed by atoms with Crippen LogP contribution in [0.2, 0.25) is 0 Å². The second-order valence-electron chi connectivity index (χ2n) is 9.87. The highest BCUT2D eigenvalue weighted by molar-refractivity contribution is 5.89. The van der Waals surface area contributed by atoms with Gasteiger partial charge in [-0.15, -0.1) is 0 Å². The normalized spacial score (nSPS) is 17.1. The molecule has 2 aromatic carbocycles. The van der Waals surface area contributed by atoms with E-state index in [9.17, 15) is 4.79 Å². The molecule has 1 aliphatic carbocycles. The Morgan fingerprint density at radius 2 is 1.64 bits per heavy atom. The number of aryl methyl sites for hydroxylation is 1. The fourth-order valence-corrected chi connectivity index (χ4v) is 4.64. The molecule has 3 aromatic rings. The first-order valence-corrected chi connectivity index (χ1v) is 13.3. The molecule has 0 spiro atoms. The molecule has 6 nitrogen and oxygen atoms in total. The van der Waals surface area contributed by atoms with Crippen LogP contribution in [0.15, 0.2) is 54.6 Å². The van der Waals surface area contributed by atoms with Crippen molar-refractivity contribution < 1.29 is 9.53 Å². The lowest BCUT2D eigenvalue weighted by Gasteiger charge is -2.27. The highest BCUT2D eigenvalue weighted by Crippen LogP contribution is 2.30. The molecular formula is C30H42N4O2. The molecule has 0 atom stereocenters. The van der Waals surface area contributed by atoms with Crippen LogP contribution in [0.3, 0.4) is 0 Å². The van der Waals surface area contributed by atoms with Crippen molar-refractivity contribution in [2.45, 2.75) is 58.8 Å². The number of hydrogen-bond acceptors (Lipinski definition) is 5. The average molecular weight is 491 g/mol. The number of rotatable bonds is 9. The number of carbonyl (C=O) groups excluding carboxylic acids is 1. The average Bonchev–Trinajstić information content (AvgIpc) is 2.90. The van der Waals surface area contributed by atoms with E-state index in [0.29, 0.717) is 18.9 Å². The molecule has 1 amide bonds. The minimum atomic E-state index is 0.161. The van der Waals surface area contributed by atoms with E-state index < -0.39 is 0 Å². The summed E-state index contributed by atoms with van der Waals surface area (Å²) in [5.74, 6) is 4.43. The van der Waals surface area contributed by atoms with Gasteiger partial charge >= 0.3 is 0 Å². The van der Waals surface area contributed by atoms with Crippen LogP contribution in [0.1, 0.15) is 57.7 Å². The van der Waals surface area contributed by atoms with Crippen LogP contribution >= 0.6 is 0 Å². The predicted molar refractivity (Wildman–Crippen MR) is 149 cm³/mol. The zero-order chi connectivity index (χ0) is 25.8. The van der Waals surface area contributed by atoms with Gasteiger partial charge in [-0.2, -0.15) is 0 Å². The van der Waals surface area contributed by atoms with Gasteiger partial charge < -0.3 is 15.0 Å². The monoisotopic (exact) mass is 490 g/mol. The summed E-state index contributed by atoms with van der Waals surface area (Å²) in [7, 11) is 3.99. The lowest BCUT2D eigenvalue weighted by molar-refractivity contribution is -0.121. The molecule has 1 N–H and O–H groups in total. The fourth-order valence-electron chi connectivity index (χ4n) is 4.64. The Balaban J connectivity index is 0.000000221. The van der Waals surface area contributed by atoms with Gasteiger partial charge in [0.05, 0.1) is 12.1 Å². The molecule has 1 aliphatic rings. The molecule has 194 valence electrons. The minimum absolute atomic E-state index is 0.161. The molecule has 0 unspecified atom stereocenters. The molecule has 1 fully saturated rings. The fraction of sp³-hybridized carbons (Fsp3) is 0.500. The Morgan fingerprint density at radius 3 is 2.33 bits per heavy atom. The molecule has 4 rings (SSSR count). The molecule has 6 heteroatoms. The third-order valence-electron chi connectivity index (χ3n) is 6.81. The number of hydrogen-bond donors (Lipinski definition) is 1. The second-order valence-corrected chi connectivity index (χ2v) is 9.87. The van der Waals surface area contributed by atoms with Crippen LogP contribution in [0.25, 0.3) is 10.9 Å². The summed E-state index contributed by atoms with van der Waals surface area (Å²) in [6, 6.07) is 17.8. The largest absolute Gasteiger partial charge is 0.494 e. The number of carbonyl (C=O) groups is 1. The van der Waals surface area contributed by atoms with E-state index in [0.717, 1.165) is 47.2 Å². The van der Waals surface area contributed by atoms with Crippen molar-refractivity contribution in [3.63, 3.8) is 0 Å². The maximum Gasteiger partial charge on any atom is 0.220 e. The molecule has 0 radical (unpaired) electrons. The molecule has 1 aromatic heterocycles. The van der Waals surface area contributed by atoms with Gasteiger partial charge in [0.1, 0.15) is 17.4 Å². The Hall–Kier alpha value is -3.15. The van der Waals surface area contributed by atoms with Gasteiger partial charge in [0, 0.05) is 32.4 Å². The molecule has 1 heterocycles. The van der Waals surface area contributed by atoms with E-state index in [1.807, 2.05) is 80.5 Å². The molecule has 0 bridgehead atoms. The SMILES string of the molecule is CCC1CCC(CNC(=O)CCCOc2ccccc2)CC1.Cc1nc(N(C)C)c2ccccc2n1. The number of nitrogens with zero attached hydrogens (tertiary/aromatic N) is 3. The number of benzene rings is 2. The molecule has 0 saturated heterocycles. The van der Waals surface area contributed by atoms with Crippen molar-refractivity contribution in [2.24, 2.45) is 11.8 Å². The zero-order valence-corrected chi connectivity index (χ0v) is 22.4. The first-order chi connectivity index (χ1) is 17.5. The number of fused-ring (bicyclic) bond motifs is 1. The first-order valence-electron chi connectivity index (χ1n) is 13.3. The van der Waals surface area contributed by atoms with Crippen LogP contribution in [0.4, 0.5) is 5.82 Å². The summed E-state index contributed by atoms with van der Waals surface area (Å²) in [4.78, 5) is 22.7. The Morgan fingerprint density at radius 1 is 0.972 bits per heavy atom. The number of nitrogens with one attached hydrogen (secondary N) is 1. The lowest BCUT2D eigenvalue weighted by atomic mass is 9.81. The van der Waals surface area contributed by atoms with Crippen LogP contribution in [-0.4, -0.2) is 43.1 Å². The molecule has 36 heavy (non-hydrogen) atoms. The minimum Gasteiger partial charge on any atom is -0.494 e. The molecule has 0 aliphatic heterocycles. The number of amides is 1. The number of para-hydroxylation sites is 2. The lowest BCUT2D eigenvalue weighted by Crippen LogP contribution is -2.31.